The molecule has 0 amide bonds. The number of nitriles is 1. The van der Waals surface area contributed by atoms with E-state index in [-0.39, 0.29) is 42.5 Å². The minimum Gasteiger partial charge on any atom is -0.460 e. The van der Waals surface area contributed by atoms with Crippen LogP contribution in [0.4, 0.5) is 0 Å². The molecule has 0 aromatic heterocycles. The molecule has 3 rings (SSSR count). The highest BCUT2D eigenvalue weighted by Gasteiger charge is 2.49. The van der Waals surface area contributed by atoms with Gasteiger partial charge in [0.15, 0.2) is 0 Å². The Morgan fingerprint density at radius 2 is 2.00 bits per heavy atom. The van der Waals surface area contributed by atoms with E-state index in [0.717, 1.165) is 18.4 Å². The van der Waals surface area contributed by atoms with E-state index in [2.05, 4.69) is 23.5 Å². The lowest BCUT2D eigenvalue weighted by Gasteiger charge is -2.25. The number of nitrogens with zero attached hydrogens (tertiary/aromatic N) is 1. The number of nitrogens with one attached hydrogen (secondary N) is 1. The van der Waals surface area contributed by atoms with Crippen molar-refractivity contribution in [2.45, 2.75) is 38.0 Å². The Kier molecular flexibility index (Phi) is 5.23. The van der Waals surface area contributed by atoms with Crippen molar-refractivity contribution < 1.29 is 9.53 Å². The Balaban J connectivity index is 0.00000176. The summed E-state index contributed by atoms with van der Waals surface area (Å²) in [6, 6.07) is 11.3. The summed E-state index contributed by atoms with van der Waals surface area (Å²) in [5, 5.41) is 12.4. The third kappa shape index (κ3) is 3.16. The zero-order valence-corrected chi connectivity index (χ0v) is 13.0. The average molecular weight is 319 g/mol. The Labute approximate surface area is 136 Å². The number of rotatable bonds is 3. The number of ether oxygens (including phenoxy) is 1. The van der Waals surface area contributed by atoms with Crippen LogP contribution in [0.15, 0.2) is 42.5 Å². The van der Waals surface area contributed by atoms with Crippen LogP contribution >= 0.6 is 12.4 Å². The molecule has 1 saturated heterocycles. The molecule has 1 aliphatic carbocycles. The molecule has 22 heavy (non-hydrogen) atoms. The summed E-state index contributed by atoms with van der Waals surface area (Å²) in [4.78, 5) is 12.2. The highest BCUT2D eigenvalue weighted by molar-refractivity contribution is 5.85. The van der Waals surface area contributed by atoms with Gasteiger partial charge in [0.05, 0.1) is 6.07 Å². The molecule has 0 radical (unpaired) electrons. The lowest BCUT2D eigenvalue weighted by molar-refractivity contribution is -0.147. The van der Waals surface area contributed by atoms with E-state index in [1.165, 1.54) is 0 Å². The predicted molar refractivity (Wildman–Crippen MR) is 85.2 cm³/mol. The van der Waals surface area contributed by atoms with Crippen molar-refractivity contribution in [2.24, 2.45) is 5.41 Å². The van der Waals surface area contributed by atoms with Gasteiger partial charge in [0, 0.05) is 5.41 Å². The molecular formula is C17H19ClN2O2. The quantitative estimate of drug-likeness (QED) is 0.687. The van der Waals surface area contributed by atoms with Crippen LogP contribution in [0.3, 0.4) is 0 Å². The fourth-order valence-corrected chi connectivity index (χ4v) is 3.24. The summed E-state index contributed by atoms with van der Waals surface area (Å²) >= 11 is 0. The topological polar surface area (TPSA) is 62.1 Å². The monoisotopic (exact) mass is 318 g/mol. The normalized spacial score (nSPS) is 24.7. The van der Waals surface area contributed by atoms with E-state index >= 15 is 0 Å². The summed E-state index contributed by atoms with van der Waals surface area (Å²) in [6.07, 6.45) is 6.60. The highest BCUT2D eigenvalue weighted by atomic mass is 35.5. The molecule has 1 unspecified atom stereocenters. The van der Waals surface area contributed by atoms with E-state index < -0.39 is 0 Å². The van der Waals surface area contributed by atoms with Crippen LogP contribution in [-0.4, -0.2) is 18.1 Å². The first kappa shape index (κ1) is 16.5. The van der Waals surface area contributed by atoms with Gasteiger partial charge in [-0.1, -0.05) is 42.5 Å². The maximum absolute atomic E-state index is 12.2. The van der Waals surface area contributed by atoms with E-state index in [1.807, 2.05) is 30.3 Å². The molecule has 2 atom stereocenters. The zero-order valence-electron chi connectivity index (χ0n) is 12.2. The molecule has 1 aliphatic heterocycles. The Bertz CT molecular complexity index is 586. The molecule has 5 heteroatoms. The van der Waals surface area contributed by atoms with Crippen molar-refractivity contribution in [1.82, 2.24) is 5.32 Å². The van der Waals surface area contributed by atoms with Crippen LogP contribution in [0.1, 0.15) is 24.8 Å². The van der Waals surface area contributed by atoms with Gasteiger partial charge in [0.25, 0.3) is 0 Å². The van der Waals surface area contributed by atoms with Crippen molar-refractivity contribution in [3.63, 3.8) is 0 Å². The summed E-state index contributed by atoms with van der Waals surface area (Å²) in [5.74, 6) is -0.261. The van der Waals surface area contributed by atoms with E-state index in [0.29, 0.717) is 6.42 Å². The van der Waals surface area contributed by atoms with E-state index in [4.69, 9.17) is 4.74 Å². The van der Waals surface area contributed by atoms with Gasteiger partial charge in [-0.2, -0.15) is 5.26 Å². The van der Waals surface area contributed by atoms with Crippen molar-refractivity contribution >= 4 is 18.4 Å². The van der Waals surface area contributed by atoms with Crippen LogP contribution < -0.4 is 5.32 Å². The van der Waals surface area contributed by atoms with Gasteiger partial charge in [-0.25, -0.2) is 0 Å². The van der Waals surface area contributed by atoms with Crippen LogP contribution in [0.2, 0.25) is 0 Å². The third-order valence-electron chi connectivity index (χ3n) is 4.44. The summed E-state index contributed by atoms with van der Waals surface area (Å²) in [6.45, 7) is 0.278. The Morgan fingerprint density at radius 3 is 2.64 bits per heavy atom. The molecule has 1 spiro atoms. The van der Waals surface area contributed by atoms with E-state index in [9.17, 15) is 10.1 Å². The Morgan fingerprint density at radius 1 is 1.32 bits per heavy atom. The number of hydrogen-bond donors (Lipinski definition) is 1. The highest BCUT2D eigenvalue weighted by Crippen LogP contribution is 2.45. The standard InChI is InChI=1S/C17H18N2O2.ClH/c18-11-15-17(8-4-5-9-17)10-14(19-15)16(20)21-12-13-6-2-1-3-7-13;/h1-7,14-15,19H,8-10,12H2;1H/t14-,15?;/m0./s1. The molecule has 1 N–H and O–H groups in total. The molecule has 1 aromatic rings. The fraction of sp³-hybridized carbons (Fsp3) is 0.412. The molecule has 1 fully saturated rings. The first-order valence-electron chi connectivity index (χ1n) is 7.25. The van der Waals surface area contributed by atoms with Crippen LogP contribution in [0, 0.1) is 16.7 Å². The second-order valence-electron chi connectivity index (χ2n) is 5.82. The lowest BCUT2D eigenvalue weighted by atomic mass is 9.78. The molecule has 0 bridgehead atoms. The molecule has 2 aliphatic rings. The Hall–Kier alpha value is -1.83. The van der Waals surface area contributed by atoms with Crippen molar-refractivity contribution in [3.8, 4) is 6.07 Å². The van der Waals surface area contributed by atoms with Gasteiger partial charge in [-0.15, -0.1) is 12.4 Å². The number of halogens is 1. The molecular weight excluding hydrogens is 300 g/mol. The molecule has 1 heterocycles. The average Bonchev–Trinajstić information content (AvgIpc) is 3.14. The first-order valence-corrected chi connectivity index (χ1v) is 7.25. The largest absolute Gasteiger partial charge is 0.460 e. The van der Waals surface area contributed by atoms with Gasteiger partial charge in [-0.3, -0.25) is 10.1 Å². The first-order chi connectivity index (χ1) is 10.2. The van der Waals surface area contributed by atoms with E-state index in [1.54, 1.807) is 0 Å². The van der Waals surface area contributed by atoms with Crippen LogP contribution in [0.25, 0.3) is 0 Å². The predicted octanol–water partition coefficient (Wildman–Crippen LogP) is 2.74. The number of carbonyl (C=O) groups is 1. The second-order valence-corrected chi connectivity index (χ2v) is 5.82. The van der Waals surface area contributed by atoms with Crippen LogP contribution in [0.5, 0.6) is 0 Å². The summed E-state index contributed by atoms with van der Waals surface area (Å²) < 4.78 is 5.38. The second kappa shape index (κ2) is 6.95. The van der Waals surface area contributed by atoms with Crippen LogP contribution in [-0.2, 0) is 16.1 Å². The number of benzene rings is 1. The minimum absolute atomic E-state index is 0. The number of esters is 1. The lowest BCUT2D eigenvalue weighted by Crippen LogP contribution is -2.38. The number of allylic oxidation sites excluding steroid dienone is 2. The van der Waals surface area contributed by atoms with Crippen molar-refractivity contribution in [2.75, 3.05) is 0 Å². The van der Waals surface area contributed by atoms with Gasteiger partial charge in [-0.05, 0) is 24.8 Å². The summed E-state index contributed by atoms with van der Waals surface area (Å²) in [5.41, 5.74) is 0.850. The summed E-state index contributed by atoms with van der Waals surface area (Å²) in [7, 11) is 0. The third-order valence-corrected chi connectivity index (χ3v) is 4.44. The molecule has 0 saturated carbocycles. The fourth-order valence-electron chi connectivity index (χ4n) is 3.24. The SMILES string of the molecule is Cl.N#CC1N[C@H](C(=O)OCc2ccccc2)CC12CC=CC2. The molecule has 4 nitrogen and oxygen atoms in total. The van der Waals surface area contributed by atoms with Gasteiger partial charge < -0.3 is 4.74 Å². The van der Waals surface area contributed by atoms with Gasteiger partial charge in [0.2, 0.25) is 0 Å². The maximum Gasteiger partial charge on any atom is 0.323 e. The molecule has 1 aromatic carbocycles. The van der Waals surface area contributed by atoms with Crippen molar-refractivity contribution in [3.05, 3.63) is 48.0 Å². The number of carbonyl (C=O) groups excluding carboxylic acids is 1. The van der Waals surface area contributed by atoms with Gasteiger partial charge in [0.1, 0.15) is 18.7 Å². The van der Waals surface area contributed by atoms with Crippen molar-refractivity contribution in [1.29, 1.82) is 5.26 Å². The molecule has 116 valence electrons. The maximum atomic E-state index is 12.2. The minimum atomic E-state index is -0.377. The smallest absolute Gasteiger partial charge is 0.323 e. The number of hydrogen-bond acceptors (Lipinski definition) is 4. The van der Waals surface area contributed by atoms with Gasteiger partial charge >= 0.3 is 5.97 Å². The zero-order chi connectivity index (χ0) is 14.7.